The van der Waals surface area contributed by atoms with Crippen LogP contribution in [0.1, 0.15) is 41.8 Å². The summed E-state index contributed by atoms with van der Waals surface area (Å²) in [4.78, 5) is 33.4. The minimum atomic E-state index is -0.951. The van der Waals surface area contributed by atoms with Gasteiger partial charge in [0.2, 0.25) is 0 Å². The SMILES string of the molecule is CCOC(=O)c1sc2nc(C)nc(N[C@@H](C(=O)O)C(C)C)c2c1C. The van der Waals surface area contributed by atoms with Gasteiger partial charge in [-0.25, -0.2) is 19.6 Å². The lowest BCUT2D eigenvalue weighted by Gasteiger charge is -2.19. The highest BCUT2D eigenvalue weighted by Gasteiger charge is 2.26. The number of anilines is 1. The zero-order chi connectivity index (χ0) is 18.0. The van der Waals surface area contributed by atoms with Crippen molar-refractivity contribution < 1.29 is 19.4 Å². The summed E-state index contributed by atoms with van der Waals surface area (Å²) in [7, 11) is 0. The Balaban J connectivity index is 2.57. The number of hydrogen-bond acceptors (Lipinski definition) is 7. The number of ether oxygens (including phenoxy) is 1. The predicted molar refractivity (Wildman–Crippen MR) is 92.7 cm³/mol. The number of aliphatic carboxylic acids is 1. The third kappa shape index (κ3) is 3.48. The average Bonchev–Trinajstić information content (AvgIpc) is 2.81. The first-order valence-corrected chi connectivity index (χ1v) is 8.52. The molecule has 7 nitrogen and oxygen atoms in total. The van der Waals surface area contributed by atoms with Crippen LogP contribution in [-0.4, -0.2) is 39.7 Å². The van der Waals surface area contributed by atoms with E-state index >= 15 is 0 Å². The van der Waals surface area contributed by atoms with Crippen molar-refractivity contribution in [1.29, 1.82) is 0 Å². The highest BCUT2D eigenvalue weighted by Crippen LogP contribution is 2.34. The van der Waals surface area contributed by atoms with Gasteiger partial charge in [-0.3, -0.25) is 0 Å². The van der Waals surface area contributed by atoms with E-state index in [2.05, 4.69) is 15.3 Å². The first-order chi connectivity index (χ1) is 11.3. The van der Waals surface area contributed by atoms with Gasteiger partial charge in [-0.2, -0.15) is 0 Å². The molecule has 130 valence electrons. The topological polar surface area (TPSA) is 101 Å². The van der Waals surface area contributed by atoms with E-state index in [-0.39, 0.29) is 12.5 Å². The summed E-state index contributed by atoms with van der Waals surface area (Å²) in [6.45, 7) is 9.20. The molecule has 0 saturated heterocycles. The van der Waals surface area contributed by atoms with Crippen molar-refractivity contribution in [1.82, 2.24) is 9.97 Å². The van der Waals surface area contributed by atoms with Crippen LogP contribution in [0, 0.1) is 19.8 Å². The van der Waals surface area contributed by atoms with E-state index < -0.39 is 18.0 Å². The molecule has 2 aromatic rings. The molecule has 2 N–H and O–H groups in total. The standard InChI is InChI=1S/C16H21N3O4S/c1-6-23-16(22)12-8(4)10-13(17-9(5)18-14(10)24-12)19-11(7(2)3)15(20)21/h7,11H,6H2,1-5H3,(H,20,21)(H,17,18,19)/t11-/m1/s1. The molecule has 0 aliphatic heterocycles. The summed E-state index contributed by atoms with van der Waals surface area (Å²) in [5, 5.41) is 13.1. The molecule has 0 fully saturated rings. The summed E-state index contributed by atoms with van der Waals surface area (Å²) in [6.07, 6.45) is 0. The largest absolute Gasteiger partial charge is 0.480 e. The molecule has 0 spiro atoms. The number of carboxylic acids is 1. The number of carbonyl (C=O) groups excluding carboxylic acids is 1. The van der Waals surface area contributed by atoms with Crippen molar-refractivity contribution in [3.63, 3.8) is 0 Å². The number of esters is 1. The van der Waals surface area contributed by atoms with Crippen LogP contribution < -0.4 is 5.32 Å². The summed E-state index contributed by atoms with van der Waals surface area (Å²) in [5.41, 5.74) is 0.698. The maximum absolute atomic E-state index is 12.1. The predicted octanol–water partition coefficient (Wildman–Crippen LogP) is 3.01. The van der Waals surface area contributed by atoms with Crippen LogP contribution in [0.4, 0.5) is 5.82 Å². The van der Waals surface area contributed by atoms with E-state index in [1.54, 1.807) is 20.8 Å². The van der Waals surface area contributed by atoms with Crippen molar-refractivity contribution in [3.05, 3.63) is 16.3 Å². The van der Waals surface area contributed by atoms with E-state index in [4.69, 9.17) is 4.74 Å². The third-order valence-corrected chi connectivity index (χ3v) is 4.75. The van der Waals surface area contributed by atoms with Gasteiger partial charge in [-0.15, -0.1) is 11.3 Å². The molecule has 0 radical (unpaired) electrons. The van der Waals surface area contributed by atoms with Crippen molar-refractivity contribution in [2.45, 2.75) is 40.7 Å². The van der Waals surface area contributed by atoms with Crippen LogP contribution >= 0.6 is 11.3 Å². The Morgan fingerprint density at radius 1 is 1.29 bits per heavy atom. The number of fused-ring (bicyclic) bond motifs is 1. The van der Waals surface area contributed by atoms with E-state index in [0.29, 0.717) is 32.3 Å². The molecule has 0 amide bonds. The molecule has 0 aromatic carbocycles. The summed E-state index contributed by atoms with van der Waals surface area (Å²) >= 11 is 1.23. The van der Waals surface area contributed by atoms with Crippen molar-refractivity contribution in [2.75, 3.05) is 11.9 Å². The van der Waals surface area contributed by atoms with Crippen molar-refractivity contribution >= 4 is 39.3 Å². The van der Waals surface area contributed by atoms with Gasteiger partial charge >= 0.3 is 11.9 Å². The Hall–Kier alpha value is -2.22. The second-order valence-electron chi connectivity index (χ2n) is 5.78. The Morgan fingerprint density at radius 2 is 1.96 bits per heavy atom. The monoisotopic (exact) mass is 351 g/mol. The minimum Gasteiger partial charge on any atom is -0.480 e. The van der Waals surface area contributed by atoms with Crippen LogP contribution in [0.25, 0.3) is 10.2 Å². The number of carboxylic acid groups (broad SMARTS) is 1. The van der Waals surface area contributed by atoms with Crippen LogP contribution in [0.3, 0.4) is 0 Å². The molecular weight excluding hydrogens is 330 g/mol. The maximum Gasteiger partial charge on any atom is 0.348 e. The number of nitrogens with one attached hydrogen (secondary N) is 1. The van der Waals surface area contributed by atoms with Crippen LogP contribution in [-0.2, 0) is 9.53 Å². The fourth-order valence-corrected chi connectivity index (χ4v) is 3.52. The highest BCUT2D eigenvalue weighted by atomic mass is 32.1. The fourth-order valence-electron chi connectivity index (χ4n) is 2.40. The molecule has 2 heterocycles. The number of hydrogen-bond donors (Lipinski definition) is 2. The lowest BCUT2D eigenvalue weighted by atomic mass is 10.0. The van der Waals surface area contributed by atoms with Gasteiger partial charge in [-0.05, 0) is 32.3 Å². The molecule has 0 saturated carbocycles. The van der Waals surface area contributed by atoms with Crippen LogP contribution in [0.15, 0.2) is 0 Å². The second kappa shape index (κ2) is 7.12. The quantitative estimate of drug-likeness (QED) is 0.771. The highest BCUT2D eigenvalue weighted by molar-refractivity contribution is 7.20. The molecule has 0 aliphatic rings. The molecule has 2 rings (SSSR count). The molecule has 1 atom stereocenters. The second-order valence-corrected chi connectivity index (χ2v) is 6.78. The molecule has 0 aliphatic carbocycles. The molecule has 0 unspecified atom stereocenters. The lowest BCUT2D eigenvalue weighted by molar-refractivity contribution is -0.138. The lowest BCUT2D eigenvalue weighted by Crippen LogP contribution is -2.34. The van der Waals surface area contributed by atoms with E-state index in [1.165, 1.54) is 11.3 Å². The number of thiophene rings is 1. The van der Waals surface area contributed by atoms with Gasteiger partial charge in [0.15, 0.2) is 0 Å². The summed E-state index contributed by atoms with van der Waals surface area (Å²) in [6, 6.07) is -0.784. The maximum atomic E-state index is 12.1. The van der Waals surface area contributed by atoms with E-state index in [1.807, 2.05) is 13.8 Å². The first-order valence-electron chi connectivity index (χ1n) is 7.70. The number of carbonyl (C=O) groups is 2. The van der Waals surface area contributed by atoms with Crippen molar-refractivity contribution in [2.24, 2.45) is 5.92 Å². The third-order valence-electron chi connectivity index (χ3n) is 3.59. The van der Waals surface area contributed by atoms with Crippen LogP contribution in [0.5, 0.6) is 0 Å². The molecule has 0 bridgehead atoms. The van der Waals surface area contributed by atoms with Crippen LogP contribution in [0.2, 0.25) is 0 Å². The normalized spacial score (nSPS) is 12.4. The zero-order valence-corrected chi connectivity index (χ0v) is 15.2. The number of rotatable bonds is 6. The van der Waals surface area contributed by atoms with Gasteiger partial charge in [0.05, 0.1) is 12.0 Å². The Morgan fingerprint density at radius 3 is 2.50 bits per heavy atom. The Labute approximate surface area is 144 Å². The van der Waals surface area contributed by atoms with Crippen molar-refractivity contribution in [3.8, 4) is 0 Å². The van der Waals surface area contributed by atoms with Gasteiger partial charge in [0.25, 0.3) is 0 Å². The average molecular weight is 351 g/mol. The van der Waals surface area contributed by atoms with Gasteiger partial charge in [-0.1, -0.05) is 13.8 Å². The summed E-state index contributed by atoms with van der Waals surface area (Å²) in [5.74, 6) is -0.540. The van der Waals surface area contributed by atoms with Gasteiger partial charge in [0, 0.05) is 0 Å². The molecule has 8 heteroatoms. The zero-order valence-electron chi connectivity index (χ0n) is 14.3. The van der Waals surface area contributed by atoms with E-state index in [9.17, 15) is 14.7 Å². The van der Waals surface area contributed by atoms with Gasteiger partial charge in [0.1, 0.15) is 27.4 Å². The smallest absolute Gasteiger partial charge is 0.348 e. The number of nitrogens with zero attached hydrogens (tertiary/aromatic N) is 2. The number of aromatic nitrogens is 2. The Kier molecular flexibility index (Phi) is 5.38. The molecular formula is C16H21N3O4S. The fraction of sp³-hybridized carbons (Fsp3) is 0.500. The number of aryl methyl sites for hydroxylation is 2. The Bertz CT molecular complexity index is 785. The minimum absolute atomic E-state index is 0.128. The molecule has 2 aromatic heterocycles. The molecule has 24 heavy (non-hydrogen) atoms. The summed E-state index contributed by atoms with van der Waals surface area (Å²) < 4.78 is 5.07. The first kappa shape index (κ1) is 18.1. The van der Waals surface area contributed by atoms with E-state index in [0.717, 1.165) is 0 Å². The van der Waals surface area contributed by atoms with Gasteiger partial charge < -0.3 is 15.2 Å².